The molecule has 1 aliphatic rings. The van der Waals surface area contributed by atoms with Crippen LogP contribution < -0.4 is 16.6 Å². The van der Waals surface area contributed by atoms with E-state index in [0.717, 1.165) is 5.56 Å². The van der Waals surface area contributed by atoms with Crippen LogP contribution in [0.2, 0.25) is 5.02 Å². The molecule has 8 nitrogen and oxygen atoms in total. The molecule has 1 unspecified atom stereocenters. The zero-order chi connectivity index (χ0) is 19.8. The number of piperazine rings is 1. The summed E-state index contributed by atoms with van der Waals surface area (Å²) in [7, 11) is 1.51. The molecule has 1 aromatic carbocycles. The van der Waals surface area contributed by atoms with Gasteiger partial charge in [0.25, 0.3) is 11.5 Å². The second-order valence-corrected chi connectivity index (χ2v) is 7.12. The number of carbonyl (C=O) groups is 1. The van der Waals surface area contributed by atoms with E-state index in [9.17, 15) is 14.4 Å². The molecule has 1 fully saturated rings. The zero-order valence-corrected chi connectivity index (χ0v) is 18.3. The second kappa shape index (κ2) is 9.61. The molecule has 0 spiro atoms. The van der Waals surface area contributed by atoms with E-state index in [1.165, 1.54) is 23.9 Å². The lowest BCUT2D eigenvalue weighted by atomic mass is 10.0. The average molecular weight is 473 g/mol. The van der Waals surface area contributed by atoms with Gasteiger partial charge in [0.1, 0.15) is 5.65 Å². The summed E-state index contributed by atoms with van der Waals surface area (Å²) in [5, 5.41) is 4.10. The highest BCUT2D eigenvalue weighted by Crippen LogP contribution is 2.26. The first kappa shape index (κ1) is 23.9. The van der Waals surface area contributed by atoms with Gasteiger partial charge in [-0.15, -0.1) is 24.8 Å². The number of aromatic nitrogens is 3. The molecule has 2 N–H and O–H groups in total. The number of aryl methyl sites for hydroxylation is 1. The van der Waals surface area contributed by atoms with Gasteiger partial charge >= 0.3 is 5.69 Å². The number of aromatic amines is 1. The topological polar surface area (TPSA) is 100 Å². The highest BCUT2D eigenvalue weighted by Gasteiger charge is 2.29. The molecule has 4 rings (SSSR count). The lowest BCUT2D eigenvalue weighted by Gasteiger charge is -2.36. The summed E-state index contributed by atoms with van der Waals surface area (Å²) in [5.41, 5.74) is 0.351. The van der Waals surface area contributed by atoms with Gasteiger partial charge < -0.3 is 10.2 Å². The molecule has 160 valence electrons. The van der Waals surface area contributed by atoms with E-state index in [2.05, 4.69) is 15.3 Å². The van der Waals surface area contributed by atoms with E-state index in [0.29, 0.717) is 30.2 Å². The monoisotopic (exact) mass is 471 g/mol. The van der Waals surface area contributed by atoms with Crippen molar-refractivity contribution in [2.24, 2.45) is 7.05 Å². The van der Waals surface area contributed by atoms with Crippen LogP contribution in [0.1, 0.15) is 22.0 Å². The van der Waals surface area contributed by atoms with Crippen LogP contribution >= 0.6 is 36.4 Å². The fraction of sp³-hybridized carbons (Fsp3) is 0.263. The van der Waals surface area contributed by atoms with Crippen molar-refractivity contribution in [3.8, 4) is 0 Å². The lowest BCUT2D eigenvalue weighted by molar-refractivity contribution is 0.0634. The van der Waals surface area contributed by atoms with Crippen molar-refractivity contribution in [3.05, 3.63) is 73.5 Å². The van der Waals surface area contributed by atoms with E-state index in [1.54, 1.807) is 11.0 Å². The Morgan fingerprint density at radius 1 is 1.23 bits per heavy atom. The fourth-order valence-corrected chi connectivity index (χ4v) is 3.68. The molecule has 0 radical (unpaired) electrons. The molecule has 1 amide bonds. The third-order valence-corrected chi connectivity index (χ3v) is 5.17. The Kier molecular flexibility index (Phi) is 7.65. The van der Waals surface area contributed by atoms with Crippen LogP contribution in [0, 0.1) is 0 Å². The number of carbonyl (C=O) groups excluding carboxylic acids is 1. The molecular weight excluding hydrogens is 453 g/mol. The Labute approximate surface area is 189 Å². The summed E-state index contributed by atoms with van der Waals surface area (Å²) in [4.78, 5) is 45.3. The van der Waals surface area contributed by atoms with E-state index in [-0.39, 0.29) is 47.8 Å². The molecule has 0 aliphatic carbocycles. The molecule has 1 aliphatic heterocycles. The minimum atomic E-state index is -0.563. The average Bonchev–Trinajstić information content (AvgIpc) is 2.71. The number of nitrogens with zero attached hydrogens (tertiary/aromatic N) is 3. The van der Waals surface area contributed by atoms with Crippen LogP contribution in [0.4, 0.5) is 0 Å². The SMILES string of the molecule is Cl.Cl.Cn1c(=O)[nH]c(=O)c2cc(C(=O)N3CCNCC3c3cccc(Cl)c3)cnc21. The normalized spacial score (nSPS) is 15.9. The van der Waals surface area contributed by atoms with Gasteiger partial charge in [-0.05, 0) is 23.8 Å². The number of H-pyrrole nitrogens is 1. The van der Waals surface area contributed by atoms with Crippen molar-refractivity contribution in [1.29, 1.82) is 0 Å². The van der Waals surface area contributed by atoms with Crippen molar-refractivity contribution in [3.63, 3.8) is 0 Å². The van der Waals surface area contributed by atoms with Gasteiger partial charge in [0.2, 0.25) is 0 Å². The highest BCUT2D eigenvalue weighted by atomic mass is 35.5. The first-order valence-electron chi connectivity index (χ1n) is 8.82. The Morgan fingerprint density at radius 3 is 2.73 bits per heavy atom. The summed E-state index contributed by atoms with van der Waals surface area (Å²) in [6.07, 6.45) is 1.40. The van der Waals surface area contributed by atoms with Crippen LogP contribution in [0.25, 0.3) is 11.0 Å². The molecule has 30 heavy (non-hydrogen) atoms. The van der Waals surface area contributed by atoms with E-state index < -0.39 is 11.2 Å². The van der Waals surface area contributed by atoms with Crippen molar-refractivity contribution in [2.75, 3.05) is 19.6 Å². The molecule has 3 heterocycles. The molecule has 11 heteroatoms. The molecule has 0 bridgehead atoms. The van der Waals surface area contributed by atoms with Crippen LogP contribution in [0.15, 0.2) is 46.1 Å². The molecule has 0 saturated carbocycles. The summed E-state index contributed by atoms with van der Waals surface area (Å²) >= 11 is 6.12. The number of amides is 1. The van der Waals surface area contributed by atoms with E-state index >= 15 is 0 Å². The molecule has 2 aromatic heterocycles. The maximum atomic E-state index is 13.2. The number of nitrogens with one attached hydrogen (secondary N) is 2. The van der Waals surface area contributed by atoms with Crippen LogP contribution in [-0.4, -0.2) is 45.0 Å². The zero-order valence-electron chi connectivity index (χ0n) is 15.9. The summed E-state index contributed by atoms with van der Waals surface area (Å²) in [5.74, 6) is -0.228. The van der Waals surface area contributed by atoms with E-state index in [1.807, 2.05) is 18.2 Å². The van der Waals surface area contributed by atoms with Gasteiger partial charge in [-0.3, -0.25) is 19.1 Å². The molecule has 3 aromatic rings. The predicted octanol–water partition coefficient (Wildman–Crippen LogP) is 1.91. The minimum Gasteiger partial charge on any atom is -0.329 e. The lowest BCUT2D eigenvalue weighted by Crippen LogP contribution is -2.48. The highest BCUT2D eigenvalue weighted by molar-refractivity contribution is 6.30. The van der Waals surface area contributed by atoms with Gasteiger partial charge in [-0.2, -0.15) is 0 Å². The Balaban J connectivity index is 0.00000160. The number of hydrogen-bond acceptors (Lipinski definition) is 5. The molecular formula is C19H20Cl3N5O3. The number of hydrogen-bond donors (Lipinski definition) is 2. The maximum Gasteiger partial charge on any atom is 0.329 e. The predicted molar refractivity (Wildman–Crippen MR) is 120 cm³/mol. The van der Waals surface area contributed by atoms with Crippen LogP contribution in [-0.2, 0) is 7.05 Å². The number of rotatable bonds is 2. The minimum absolute atomic E-state index is 0. The summed E-state index contributed by atoms with van der Waals surface area (Å²) in [6, 6.07) is 8.72. The number of fused-ring (bicyclic) bond motifs is 1. The fourth-order valence-electron chi connectivity index (χ4n) is 3.48. The van der Waals surface area contributed by atoms with Gasteiger partial charge in [-0.1, -0.05) is 23.7 Å². The Bertz CT molecular complexity index is 1190. The van der Waals surface area contributed by atoms with E-state index in [4.69, 9.17) is 11.6 Å². The summed E-state index contributed by atoms with van der Waals surface area (Å²) in [6.45, 7) is 1.78. The Hall–Kier alpha value is -2.39. The third kappa shape index (κ3) is 4.37. The van der Waals surface area contributed by atoms with Crippen molar-refractivity contribution in [1.82, 2.24) is 24.8 Å². The number of halogens is 3. The summed E-state index contributed by atoms with van der Waals surface area (Å²) < 4.78 is 1.24. The van der Waals surface area contributed by atoms with Gasteiger partial charge in [0.15, 0.2) is 0 Å². The van der Waals surface area contributed by atoms with Crippen molar-refractivity contribution >= 4 is 53.4 Å². The standard InChI is InChI=1S/C19H18ClN5O3.2ClH/c1-24-16-14(17(26)23-19(24)28)8-12(9-22-16)18(27)25-6-5-21-10-15(25)11-3-2-4-13(20)7-11;;/h2-4,7-9,15,21H,5-6,10H2,1H3,(H,23,26,28);2*1H. The molecule has 1 atom stereocenters. The van der Waals surface area contributed by atoms with Crippen molar-refractivity contribution in [2.45, 2.75) is 6.04 Å². The second-order valence-electron chi connectivity index (χ2n) is 6.69. The quantitative estimate of drug-likeness (QED) is 0.593. The van der Waals surface area contributed by atoms with Gasteiger partial charge in [0, 0.05) is 37.9 Å². The maximum absolute atomic E-state index is 13.2. The first-order valence-corrected chi connectivity index (χ1v) is 9.20. The van der Waals surface area contributed by atoms with Gasteiger partial charge in [-0.25, -0.2) is 9.78 Å². The van der Waals surface area contributed by atoms with Crippen LogP contribution in [0.5, 0.6) is 0 Å². The largest absolute Gasteiger partial charge is 0.329 e. The first-order chi connectivity index (χ1) is 13.5. The number of benzene rings is 1. The van der Waals surface area contributed by atoms with Crippen LogP contribution in [0.3, 0.4) is 0 Å². The number of pyridine rings is 1. The molecule has 1 saturated heterocycles. The Morgan fingerprint density at radius 2 is 2.00 bits per heavy atom. The third-order valence-electron chi connectivity index (χ3n) is 4.94. The van der Waals surface area contributed by atoms with Crippen molar-refractivity contribution < 1.29 is 4.79 Å². The van der Waals surface area contributed by atoms with Gasteiger partial charge in [0.05, 0.1) is 17.0 Å². The smallest absolute Gasteiger partial charge is 0.329 e.